The Kier molecular flexibility index (Phi) is 8.53. The molecule has 2 aromatic rings. The molecule has 0 unspecified atom stereocenters. The Morgan fingerprint density at radius 3 is 2.13 bits per heavy atom. The lowest BCUT2D eigenvalue weighted by molar-refractivity contribution is -0.125. The topological polar surface area (TPSA) is 83.1 Å². The second-order valence-corrected chi connectivity index (χ2v) is 7.12. The van der Waals surface area contributed by atoms with Crippen molar-refractivity contribution in [2.75, 3.05) is 27.9 Å². The van der Waals surface area contributed by atoms with Gasteiger partial charge in [-0.25, -0.2) is 4.79 Å². The first-order valence-corrected chi connectivity index (χ1v) is 9.71. The number of hydrogen-bond donors (Lipinski definition) is 1. The van der Waals surface area contributed by atoms with Gasteiger partial charge in [0.05, 0.1) is 27.4 Å². The van der Waals surface area contributed by atoms with E-state index >= 15 is 0 Å². The molecule has 0 saturated carbocycles. The van der Waals surface area contributed by atoms with Crippen LogP contribution in [-0.4, -0.2) is 39.8 Å². The predicted octanol–water partition coefficient (Wildman–Crippen LogP) is 3.77. The number of hydrogen-bond acceptors (Lipinski definition) is 6. The fourth-order valence-electron chi connectivity index (χ4n) is 3.14. The quantitative estimate of drug-likeness (QED) is 0.595. The van der Waals surface area contributed by atoms with E-state index in [9.17, 15) is 9.59 Å². The Morgan fingerprint density at radius 2 is 1.57 bits per heavy atom. The van der Waals surface area contributed by atoms with Crippen LogP contribution in [-0.2, 0) is 9.53 Å². The molecule has 1 amide bonds. The van der Waals surface area contributed by atoms with Gasteiger partial charge in [-0.15, -0.1) is 0 Å². The van der Waals surface area contributed by atoms with E-state index < -0.39 is 12.6 Å². The van der Waals surface area contributed by atoms with Gasteiger partial charge in [-0.1, -0.05) is 44.2 Å². The molecule has 0 radical (unpaired) electrons. The lowest BCUT2D eigenvalue weighted by atomic mass is 9.97. The molecule has 0 spiro atoms. The molecule has 162 valence electrons. The summed E-state index contributed by atoms with van der Waals surface area (Å²) in [5.41, 5.74) is 1.15. The molecular weight excluding hydrogens is 386 g/mol. The molecule has 2 aromatic carbocycles. The van der Waals surface area contributed by atoms with Crippen LogP contribution in [0.15, 0.2) is 42.5 Å². The third-order valence-corrected chi connectivity index (χ3v) is 4.50. The minimum absolute atomic E-state index is 0.143. The van der Waals surface area contributed by atoms with Crippen LogP contribution in [0, 0.1) is 5.92 Å². The Hall–Kier alpha value is -3.22. The SMILES string of the molecule is COc1ccc(C(=O)OCC(=O)N[C@H](CC(C)C)c2ccccc2)c(OC)c1OC. The van der Waals surface area contributed by atoms with Crippen molar-refractivity contribution in [3.63, 3.8) is 0 Å². The van der Waals surface area contributed by atoms with Crippen LogP contribution in [0.4, 0.5) is 0 Å². The highest BCUT2D eigenvalue weighted by Crippen LogP contribution is 2.39. The van der Waals surface area contributed by atoms with Crippen molar-refractivity contribution in [1.29, 1.82) is 0 Å². The van der Waals surface area contributed by atoms with E-state index in [1.54, 1.807) is 6.07 Å². The number of ether oxygens (including phenoxy) is 4. The van der Waals surface area contributed by atoms with Crippen LogP contribution in [0.2, 0.25) is 0 Å². The molecule has 0 aliphatic carbocycles. The molecule has 1 atom stereocenters. The van der Waals surface area contributed by atoms with E-state index in [1.165, 1.54) is 27.4 Å². The highest BCUT2D eigenvalue weighted by Gasteiger charge is 2.23. The van der Waals surface area contributed by atoms with E-state index in [4.69, 9.17) is 18.9 Å². The average Bonchev–Trinajstić information content (AvgIpc) is 2.76. The van der Waals surface area contributed by atoms with Crippen LogP contribution in [0.5, 0.6) is 17.2 Å². The zero-order chi connectivity index (χ0) is 22.1. The maximum absolute atomic E-state index is 12.6. The molecule has 2 rings (SSSR count). The Bertz CT molecular complexity index is 850. The molecule has 7 nitrogen and oxygen atoms in total. The summed E-state index contributed by atoms with van der Waals surface area (Å²) in [6, 6.07) is 12.6. The average molecular weight is 415 g/mol. The van der Waals surface area contributed by atoms with Crippen molar-refractivity contribution in [3.8, 4) is 17.2 Å². The van der Waals surface area contributed by atoms with Gasteiger partial charge in [-0.2, -0.15) is 0 Å². The van der Waals surface area contributed by atoms with E-state index in [-0.39, 0.29) is 29.0 Å². The van der Waals surface area contributed by atoms with Gasteiger partial charge in [0.15, 0.2) is 18.1 Å². The van der Waals surface area contributed by atoms with Gasteiger partial charge in [0.2, 0.25) is 5.75 Å². The number of benzene rings is 2. The molecule has 0 aliphatic rings. The first-order valence-electron chi connectivity index (χ1n) is 9.71. The molecule has 0 aromatic heterocycles. The highest BCUT2D eigenvalue weighted by atomic mass is 16.5. The third kappa shape index (κ3) is 5.89. The van der Waals surface area contributed by atoms with Crippen LogP contribution in [0.3, 0.4) is 0 Å². The maximum Gasteiger partial charge on any atom is 0.342 e. The number of methoxy groups -OCH3 is 3. The number of esters is 1. The molecule has 0 fully saturated rings. The number of rotatable bonds is 10. The molecule has 1 N–H and O–H groups in total. The maximum atomic E-state index is 12.6. The zero-order valence-corrected chi connectivity index (χ0v) is 18.1. The lowest BCUT2D eigenvalue weighted by Crippen LogP contribution is -2.33. The van der Waals surface area contributed by atoms with Crippen LogP contribution in [0.25, 0.3) is 0 Å². The van der Waals surface area contributed by atoms with Crippen molar-refractivity contribution in [1.82, 2.24) is 5.32 Å². The summed E-state index contributed by atoms with van der Waals surface area (Å²) in [6.45, 7) is 3.77. The zero-order valence-electron chi connectivity index (χ0n) is 18.1. The Labute approximate surface area is 177 Å². The van der Waals surface area contributed by atoms with Gasteiger partial charge in [-0.3, -0.25) is 4.79 Å². The molecule has 30 heavy (non-hydrogen) atoms. The molecule has 0 heterocycles. The van der Waals surface area contributed by atoms with Crippen LogP contribution in [0.1, 0.15) is 42.2 Å². The fraction of sp³-hybridized carbons (Fsp3) is 0.391. The summed E-state index contributed by atoms with van der Waals surface area (Å²) < 4.78 is 21.0. The van der Waals surface area contributed by atoms with Crippen LogP contribution < -0.4 is 19.5 Å². The lowest BCUT2D eigenvalue weighted by Gasteiger charge is -2.21. The van der Waals surface area contributed by atoms with E-state index in [2.05, 4.69) is 19.2 Å². The van der Waals surface area contributed by atoms with Crippen molar-refractivity contribution in [2.45, 2.75) is 26.3 Å². The predicted molar refractivity (Wildman–Crippen MR) is 113 cm³/mol. The summed E-state index contributed by atoms with van der Waals surface area (Å²) in [4.78, 5) is 25.0. The summed E-state index contributed by atoms with van der Waals surface area (Å²) in [6.07, 6.45) is 0.771. The molecule has 0 bridgehead atoms. The van der Waals surface area contributed by atoms with Gasteiger partial charge in [0.25, 0.3) is 5.91 Å². The first kappa shape index (κ1) is 23.1. The van der Waals surface area contributed by atoms with Gasteiger partial charge in [-0.05, 0) is 30.0 Å². The van der Waals surface area contributed by atoms with Gasteiger partial charge < -0.3 is 24.3 Å². The standard InChI is InChI=1S/C23H29NO6/c1-15(2)13-18(16-9-7-6-8-10-16)24-20(25)14-30-23(26)17-11-12-19(27-3)22(29-5)21(17)28-4/h6-12,15,18H,13-14H2,1-5H3,(H,24,25)/t18-/m1/s1. The number of nitrogens with one attached hydrogen (secondary N) is 1. The highest BCUT2D eigenvalue weighted by molar-refractivity contribution is 5.95. The fourth-order valence-corrected chi connectivity index (χ4v) is 3.14. The minimum atomic E-state index is -0.692. The second-order valence-electron chi connectivity index (χ2n) is 7.12. The minimum Gasteiger partial charge on any atom is -0.493 e. The first-order chi connectivity index (χ1) is 14.4. The van der Waals surface area contributed by atoms with E-state index in [0.29, 0.717) is 11.7 Å². The summed E-state index contributed by atoms with van der Waals surface area (Å²) in [5, 5.41) is 2.95. The van der Waals surface area contributed by atoms with Gasteiger partial charge in [0, 0.05) is 0 Å². The Morgan fingerprint density at radius 1 is 0.900 bits per heavy atom. The van der Waals surface area contributed by atoms with E-state index in [0.717, 1.165) is 12.0 Å². The summed E-state index contributed by atoms with van der Waals surface area (Å²) >= 11 is 0. The largest absolute Gasteiger partial charge is 0.493 e. The summed E-state index contributed by atoms with van der Waals surface area (Å²) in [5.74, 6) is 0.196. The molecule has 0 aliphatic heterocycles. The monoisotopic (exact) mass is 415 g/mol. The number of amides is 1. The van der Waals surface area contributed by atoms with E-state index in [1.807, 2.05) is 30.3 Å². The summed E-state index contributed by atoms with van der Waals surface area (Å²) in [7, 11) is 4.35. The smallest absolute Gasteiger partial charge is 0.342 e. The van der Waals surface area contributed by atoms with Crippen LogP contribution >= 0.6 is 0 Å². The van der Waals surface area contributed by atoms with Gasteiger partial charge in [0.1, 0.15) is 5.56 Å². The molecule has 0 saturated heterocycles. The normalized spacial score (nSPS) is 11.5. The number of carbonyl (C=O) groups excluding carboxylic acids is 2. The Balaban J connectivity index is 2.07. The third-order valence-electron chi connectivity index (χ3n) is 4.50. The molecular formula is C23H29NO6. The van der Waals surface area contributed by atoms with Crippen molar-refractivity contribution in [2.24, 2.45) is 5.92 Å². The van der Waals surface area contributed by atoms with Crippen molar-refractivity contribution in [3.05, 3.63) is 53.6 Å². The van der Waals surface area contributed by atoms with Gasteiger partial charge >= 0.3 is 5.97 Å². The second kappa shape index (κ2) is 11.1. The van der Waals surface area contributed by atoms with Crippen molar-refractivity contribution < 1.29 is 28.5 Å². The number of carbonyl (C=O) groups is 2. The van der Waals surface area contributed by atoms with Crippen molar-refractivity contribution >= 4 is 11.9 Å². The molecule has 7 heteroatoms.